The molecule has 0 radical (unpaired) electrons. The summed E-state index contributed by atoms with van der Waals surface area (Å²) >= 11 is 5.01. The van der Waals surface area contributed by atoms with Gasteiger partial charge in [0.2, 0.25) is 0 Å². The Bertz CT molecular complexity index is 199. The van der Waals surface area contributed by atoms with Crippen LogP contribution >= 0.6 is 11.8 Å². The standard InChI is InChI=1S/C6H7ClN2O2/c1-4-2-5(8-9-7)3-6(10)11-4/h5H,1-3H2. The average Bonchev–Trinajstić information content (AvgIpc) is 1.85. The van der Waals surface area contributed by atoms with Gasteiger partial charge < -0.3 is 4.74 Å². The number of hydrogen-bond donors (Lipinski definition) is 0. The van der Waals surface area contributed by atoms with Crippen LogP contribution in [0.4, 0.5) is 0 Å². The second-order valence-electron chi connectivity index (χ2n) is 2.27. The van der Waals surface area contributed by atoms with E-state index >= 15 is 0 Å². The number of esters is 1. The van der Waals surface area contributed by atoms with Crippen molar-refractivity contribution in [2.45, 2.75) is 18.9 Å². The first kappa shape index (κ1) is 8.20. The van der Waals surface area contributed by atoms with E-state index in [0.29, 0.717) is 12.2 Å². The van der Waals surface area contributed by atoms with Crippen LogP contribution in [0.1, 0.15) is 12.8 Å². The molecule has 60 valence electrons. The Morgan fingerprint density at radius 2 is 2.36 bits per heavy atom. The molecule has 0 amide bonds. The van der Waals surface area contributed by atoms with Gasteiger partial charge in [0.25, 0.3) is 0 Å². The van der Waals surface area contributed by atoms with E-state index < -0.39 is 0 Å². The minimum atomic E-state index is -0.324. The lowest BCUT2D eigenvalue weighted by Gasteiger charge is -2.17. The van der Waals surface area contributed by atoms with Crippen LogP contribution in [0.2, 0.25) is 0 Å². The van der Waals surface area contributed by atoms with Gasteiger partial charge in [-0.05, 0) is 0 Å². The summed E-state index contributed by atoms with van der Waals surface area (Å²) in [4.78, 5) is 10.7. The molecular formula is C6H7ClN2O2. The Morgan fingerprint density at radius 3 is 2.91 bits per heavy atom. The van der Waals surface area contributed by atoms with Crippen LogP contribution in [0.3, 0.4) is 0 Å². The molecule has 1 atom stereocenters. The van der Waals surface area contributed by atoms with E-state index in [2.05, 4.69) is 21.1 Å². The monoisotopic (exact) mass is 174 g/mol. The third-order valence-corrected chi connectivity index (χ3v) is 1.42. The van der Waals surface area contributed by atoms with Gasteiger partial charge in [0.1, 0.15) is 5.76 Å². The minimum absolute atomic E-state index is 0.193. The van der Waals surface area contributed by atoms with E-state index in [4.69, 9.17) is 11.8 Å². The summed E-state index contributed by atoms with van der Waals surface area (Å²) in [7, 11) is 0. The third-order valence-electron chi connectivity index (χ3n) is 1.33. The molecule has 5 heteroatoms. The SMILES string of the molecule is C=C1CC(N=NCl)CC(=O)O1. The van der Waals surface area contributed by atoms with Gasteiger partial charge in [-0.15, -0.1) is 0 Å². The molecule has 0 bridgehead atoms. The molecule has 0 aromatic heterocycles. The van der Waals surface area contributed by atoms with Crippen molar-refractivity contribution in [1.82, 2.24) is 0 Å². The van der Waals surface area contributed by atoms with Crippen molar-refractivity contribution < 1.29 is 9.53 Å². The fourth-order valence-corrected chi connectivity index (χ4v) is 1.04. The van der Waals surface area contributed by atoms with Gasteiger partial charge >= 0.3 is 5.97 Å². The van der Waals surface area contributed by atoms with Gasteiger partial charge in [-0.25, -0.2) is 0 Å². The summed E-state index contributed by atoms with van der Waals surface area (Å²) in [6.45, 7) is 3.51. The molecule has 4 nitrogen and oxygen atoms in total. The van der Waals surface area contributed by atoms with Crippen molar-refractivity contribution in [1.29, 1.82) is 0 Å². The van der Waals surface area contributed by atoms with Crippen molar-refractivity contribution in [2.75, 3.05) is 0 Å². The van der Waals surface area contributed by atoms with E-state index in [0.717, 1.165) is 0 Å². The molecule has 1 aliphatic rings. The molecule has 0 aliphatic carbocycles. The molecule has 0 aromatic rings. The van der Waals surface area contributed by atoms with Gasteiger partial charge in [-0.1, -0.05) is 11.2 Å². The van der Waals surface area contributed by atoms with E-state index in [1.807, 2.05) is 0 Å². The van der Waals surface area contributed by atoms with Gasteiger partial charge in [0, 0.05) is 6.42 Å². The first-order chi connectivity index (χ1) is 5.22. The minimum Gasteiger partial charge on any atom is -0.432 e. The van der Waals surface area contributed by atoms with Crippen LogP contribution in [-0.4, -0.2) is 12.0 Å². The molecule has 0 N–H and O–H groups in total. The molecule has 1 heterocycles. The lowest BCUT2D eigenvalue weighted by atomic mass is 10.1. The molecular weight excluding hydrogens is 168 g/mol. The normalized spacial score (nSPS) is 25.7. The molecule has 1 fully saturated rings. The third kappa shape index (κ3) is 2.31. The van der Waals surface area contributed by atoms with E-state index in [9.17, 15) is 4.79 Å². The van der Waals surface area contributed by atoms with E-state index in [1.165, 1.54) is 0 Å². The fourth-order valence-electron chi connectivity index (χ4n) is 0.915. The Balaban J connectivity index is 2.56. The van der Waals surface area contributed by atoms with Crippen LogP contribution in [-0.2, 0) is 9.53 Å². The number of cyclic esters (lactones) is 1. The van der Waals surface area contributed by atoms with Crippen molar-refractivity contribution in [2.24, 2.45) is 9.75 Å². The van der Waals surface area contributed by atoms with Crippen molar-refractivity contribution in [3.8, 4) is 0 Å². The zero-order valence-corrected chi connectivity index (χ0v) is 6.54. The highest BCUT2D eigenvalue weighted by Gasteiger charge is 2.22. The van der Waals surface area contributed by atoms with Gasteiger partial charge in [0.15, 0.2) is 0 Å². The van der Waals surface area contributed by atoms with Crippen LogP contribution in [0, 0.1) is 0 Å². The Morgan fingerprint density at radius 1 is 1.64 bits per heavy atom. The smallest absolute Gasteiger partial charge is 0.313 e. The van der Waals surface area contributed by atoms with Crippen molar-refractivity contribution in [3.05, 3.63) is 12.3 Å². The van der Waals surface area contributed by atoms with Crippen LogP contribution in [0.25, 0.3) is 0 Å². The number of ether oxygens (including phenoxy) is 1. The van der Waals surface area contributed by atoms with Crippen molar-refractivity contribution in [3.63, 3.8) is 0 Å². The predicted octanol–water partition coefficient (Wildman–Crippen LogP) is 1.81. The molecule has 1 aliphatic heterocycles. The lowest BCUT2D eigenvalue weighted by Crippen LogP contribution is -2.21. The molecule has 0 saturated carbocycles. The first-order valence-corrected chi connectivity index (χ1v) is 3.45. The zero-order valence-electron chi connectivity index (χ0n) is 5.79. The molecule has 0 spiro atoms. The second kappa shape index (κ2) is 3.48. The molecule has 11 heavy (non-hydrogen) atoms. The second-order valence-corrected chi connectivity index (χ2v) is 2.42. The van der Waals surface area contributed by atoms with Crippen LogP contribution < -0.4 is 0 Å². The van der Waals surface area contributed by atoms with Crippen LogP contribution in [0.15, 0.2) is 22.1 Å². The molecule has 1 saturated heterocycles. The summed E-state index contributed by atoms with van der Waals surface area (Å²) in [6, 6.07) is -0.193. The molecule has 1 rings (SSSR count). The highest BCUT2D eigenvalue weighted by molar-refractivity contribution is 6.13. The number of hydrogen-bond acceptors (Lipinski definition) is 4. The Hall–Kier alpha value is -0.900. The number of nitrogens with zero attached hydrogens (tertiary/aromatic N) is 2. The fraction of sp³-hybridized carbons (Fsp3) is 0.500. The largest absolute Gasteiger partial charge is 0.432 e. The first-order valence-electron chi connectivity index (χ1n) is 3.12. The maximum Gasteiger partial charge on any atom is 0.313 e. The lowest BCUT2D eigenvalue weighted by molar-refractivity contribution is -0.142. The Labute approximate surface area is 69.0 Å². The topological polar surface area (TPSA) is 51.0 Å². The van der Waals surface area contributed by atoms with E-state index in [-0.39, 0.29) is 18.4 Å². The predicted molar refractivity (Wildman–Crippen MR) is 39.0 cm³/mol. The van der Waals surface area contributed by atoms with Gasteiger partial charge in [-0.2, -0.15) is 5.11 Å². The van der Waals surface area contributed by atoms with Crippen molar-refractivity contribution >= 4 is 17.7 Å². The number of halogens is 1. The van der Waals surface area contributed by atoms with E-state index in [1.54, 1.807) is 0 Å². The zero-order chi connectivity index (χ0) is 8.27. The number of carbonyl (C=O) groups is 1. The highest BCUT2D eigenvalue weighted by Crippen LogP contribution is 2.19. The highest BCUT2D eigenvalue weighted by atomic mass is 35.5. The quantitative estimate of drug-likeness (QED) is 0.450. The summed E-state index contributed by atoms with van der Waals surface area (Å²) in [5.74, 6) is 0.102. The van der Waals surface area contributed by atoms with Gasteiger partial charge in [-0.3, -0.25) is 4.79 Å². The maximum absolute atomic E-state index is 10.7. The summed E-state index contributed by atoms with van der Waals surface area (Å²) < 4.78 is 7.76. The molecule has 1 unspecified atom stereocenters. The number of rotatable bonds is 1. The summed E-state index contributed by atoms with van der Waals surface area (Å²) in [5.41, 5.74) is 0. The summed E-state index contributed by atoms with van der Waals surface area (Å²) in [5, 5.41) is 3.61. The molecule has 0 aromatic carbocycles. The summed E-state index contributed by atoms with van der Waals surface area (Å²) in [6.07, 6.45) is 0.747. The number of carbonyl (C=O) groups excluding carboxylic acids is 1. The van der Waals surface area contributed by atoms with Gasteiger partial charge in [0.05, 0.1) is 24.2 Å². The average molecular weight is 175 g/mol. The van der Waals surface area contributed by atoms with Crippen LogP contribution in [0.5, 0.6) is 0 Å². The Kier molecular flexibility index (Phi) is 2.59. The maximum atomic E-state index is 10.7.